The highest BCUT2D eigenvalue weighted by molar-refractivity contribution is 5.19. The third-order valence-corrected chi connectivity index (χ3v) is 2.85. The molecule has 0 saturated carbocycles. The molecule has 1 aliphatic rings. The highest BCUT2D eigenvalue weighted by Gasteiger charge is 2.28. The van der Waals surface area contributed by atoms with E-state index >= 15 is 0 Å². The number of imidazole rings is 1. The van der Waals surface area contributed by atoms with Crippen LogP contribution in [-0.4, -0.2) is 28.5 Å². The van der Waals surface area contributed by atoms with Gasteiger partial charge in [0.1, 0.15) is 0 Å². The molecule has 1 aromatic rings. The molecule has 0 spiro atoms. The number of aromatic nitrogens is 2. The molecule has 0 radical (unpaired) electrons. The number of aromatic amines is 1. The number of hydrogen-bond acceptors (Lipinski definition) is 2. The van der Waals surface area contributed by atoms with Gasteiger partial charge in [-0.3, -0.25) is 4.90 Å². The molecule has 72 valence electrons. The Labute approximate surface area is 79.2 Å². The first-order valence-corrected chi connectivity index (χ1v) is 4.92. The minimum atomic E-state index is 0.495. The molecule has 1 N–H and O–H groups in total. The molecule has 0 amide bonds. The largest absolute Gasteiger partial charge is 0.348 e. The molecule has 3 nitrogen and oxygen atoms in total. The van der Waals surface area contributed by atoms with Gasteiger partial charge >= 0.3 is 0 Å². The zero-order valence-corrected chi connectivity index (χ0v) is 8.54. The van der Waals surface area contributed by atoms with Crippen molar-refractivity contribution in [3.63, 3.8) is 0 Å². The van der Waals surface area contributed by atoms with Gasteiger partial charge in [0.2, 0.25) is 0 Å². The topological polar surface area (TPSA) is 31.9 Å². The van der Waals surface area contributed by atoms with Crippen molar-refractivity contribution in [1.29, 1.82) is 0 Å². The monoisotopic (exact) mass is 179 g/mol. The van der Waals surface area contributed by atoms with Gasteiger partial charge in [-0.2, -0.15) is 0 Å². The van der Waals surface area contributed by atoms with Crippen molar-refractivity contribution in [3.8, 4) is 0 Å². The van der Waals surface area contributed by atoms with Gasteiger partial charge in [0.25, 0.3) is 0 Å². The lowest BCUT2D eigenvalue weighted by Crippen LogP contribution is -2.35. The van der Waals surface area contributed by atoms with Crippen molar-refractivity contribution in [2.24, 2.45) is 5.92 Å². The summed E-state index contributed by atoms with van der Waals surface area (Å²) in [5.74, 6) is 0.632. The van der Waals surface area contributed by atoms with Crippen LogP contribution in [0.2, 0.25) is 0 Å². The fraction of sp³-hybridized carbons (Fsp3) is 0.700. The van der Waals surface area contributed by atoms with Crippen molar-refractivity contribution >= 4 is 0 Å². The quantitative estimate of drug-likeness (QED) is 0.710. The zero-order valence-electron chi connectivity index (χ0n) is 8.54. The van der Waals surface area contributed by atoms with Gasteiger partial charge in [0.05, 0.1) is 18.1 Å². The Balaban J connectivity index is 2.36. The summed E-state index contributed by atoms with van der Waals surface area (Å²) < 4.78 is 0. The van der Waals surface area contributed by atoms with Crippen molar-refractivity contribution in [2.45, 2.75) is 26.3 Å². The molecule has 0 saturated heterocycles. The van der Waals surface area contributed by atoms with E-state index in [0.717, 1.165) is 13.0 Å². The fourth-order valence-electron chi connectivity index (χ4n) is 2.25. The number of likely N-dealkylation sites (N-methyl/N-ethyl adjacent to an activating group) is 1. The number of H-pyrrole nitrogens is 1. The van der Waals surface area contributed by atoms with E-state index in [2.05, 4.69) is 35.8 Å². The van der Waals surface area contributed by atoms with Gasteiger partial charge < -0.3 is 4.98 Å². The van der Waals surface area contributed by atoms with Gasteiger partial charge in [-0.05, 0) is 13.0 Å². The summed E-state index contributed by atoms with van der Waals surface area (Å²) in [4.78, 5) is 10.0. The summed E-state index contributed by atoms with van der Waals surface area (Å²) in [6.45, 7) is 5.65. The highest BCUT2D eigenvalue weighted by atomic mass is 15.2. The van der Waals surface area contributed by atoms with Gasteiger partial charge in [0.15, 0.2) is 0 Å². The van der Waals surface area contributed by atoms with E-state index in [1.165, 1.54) is 11.4 Å². The normalized spacial score (nSPS) is 23.5. The van der Waals surface area contributed by atoms with Crippen molar-refractivity contribution in [2.75, 3.05) is 13.6 Å². The van der Waals surface area contributed by atoms with Crippen LogP contribution in [0.25, 0.3) is 0 Å². The highest BCUT2D eigenvalue weighted by Crippen LogP contribution is 2.31. The second-order valence-corrected chi connectivity index (χ2v) is 4.19. The third-order valence-electron chi connectivity index (χ3n) is 2.85. The maximum atomic E-state index is 4.41. The maximum Gasteiger partial charge on any atom is 0.0925 e. The Bertz CT molecular complexity index is 290. The van der Waals surface area contributed by atoms with Gasteiger partial charge in [0, 0.05) is 18.7 Å². The molecule has 13 heavy (non-hydrogen) atoms. The van der Waals surface area contributed by atoms with E-state index in [1.807, 2.05) is 6.33 Å². The Morgan fingerprint density at radius 3 is 3.08 bits per heavy atom. The molecule has 1 unspecified atom stereocenters. The second kappa shape index (κ2) is 3.14. The third kappa shape index (κ3) is 1.37. The van der Waals surface area contributed by atoms with Gasteiger partial charge in [-0.25, -0.2) is 4.98 Å². The average Bonchev–Trinajstić information content (AvgIpc) is 2.50. The SMILES string of the molecule is CC(C)C1c2nc[nH]c2CCN1C. The van der Waals surface area contributed by atoms with Crippen molar-refractivity contribution in [1.82, 2.24) is 14.9 Å². The molecule has 0 aromatic carbocycles. The van der Waals surface area contributed by atoms with Crippen LogP contribution in [0, 0.1) is 5.92 Å². The average molecular weight is 179 g/mol. The van der Waals surface area contributed by atoms with Crippen LogP contribution in [0.3, 0.4) is 0 Å². The van der Waals surface area contributed by atoms with Gasteiger partial charge in [-0.15, -0.1) is 0 Å². The van der Waals surface area contributed by atoms with E-state index < -0.39 is 0 Å². The molecule has 1 aliphatic heterocycles. The second-order valence-electron chi connectivity index (χ2n) is 4.19. The first-order chi connectivity index (χ1) is 6.20. The van der Waals surface area contributed by atoms with E-state index in [9.17, 15) is 0 Å². The van der Waals surface area contributed by atoms with Crippen LogP contribution in [0.15, 0.2) is 6.33 Å². The lowest BCUT2D eigenvalue weighted by atomic mass is 9.94. The van der Waals surface area contributed by atoms with E-state index in [4.69, 9.17) is 0 Å². The lowest BCUT2D eigenvalue weighted by Gasteiger charge is -2.34. The van der Waals surface area contributed by atoms with Crippen LogP contribution >= 0.6 is 0 Å². The molecule has 1 atom stereocenters. The van der Waals surface area contributed by atoms with Crippen molar-refractivity contribution < 1.29 is 0 Å². The summed E-state index contributed by atoms with van der Waals surface area (Å²) >= 11 is 0. The summed E-state index contributed by atoms with van der Waals surface area (Å²) in [6, 6.07) is 0.495. The molecule has 0 fully saturated rings. The van der Waals surface area contributed by atoms with Crippen LogP contribution in [0.5, 0.6) is 0 Å². The predicted molar refractivity (Wildman–Crippen MR) is 52.5 cm³/mol. The van der Waals surface area contributed by atoms with Crippen LogP contribution < -0.4 is 0 Å². The number of hydrogen-bond donors (Lipinski definition) is 1. The van der Waals surface area contributed by atoms with Gasteiger partial charge in [-0.1, -0.05) is 13.8 Å². The Kier molecular flexibility index (Phi) is 2.12. The molecular weight excluding hydrogens is 162 g/mol. The van der Waals surface area contributed by atoms with Crippen LogP contribution in [0.1, 0.15) is 31.3 Å². The predicted octanol–water partition coefficient (Wildman–Crippen LogP) is 1.59. The molecular formula is C10H17N3. The van der Waals surface area contributed by atoms with E-state index in [-0.39, 0.29) is 0 Å². The number of nitrogens with one attached hydrogen (secondary N) is 1. The minimum absolute atomic E-state index is 0.495. The maximum absolute atomic E-state index is 4.41. The van der Waals surface area contributed by atoms with E-state index in [1.54, 1.807) is 0 Å². The number of fused-ring (bicyclic) bond motifs is 1. The number of rotatable bonds is 1. The Morgan fingerprint density at radius 2 is 2.38 bits per heavy atom. The standard InChI is InChI=1S/C10H17N3/c1-7(2)10-9-8(11-6-12-9)4-5-13(10)3/h6-7,10H,4-5H2,1-3H3,(H,11,12). The smallest absolute Gasteiger partial charge is 0.0925 e. The Hall–Kier alpha value is -0.830. The van der Waals surface area contributed by atoms with E-state index in [0.29, 0.717) is 12.0 Å². The number of nitrogens with zero attached hydrogens (tertiary/aromatic N) is 2. The summed E-state index contributed by atoms with van der Waals surface area (Å²) in [5, 5.41) is 0. The zero-order chi connectivity index (χ0) is 9.42. The first-order valence-electron chi connectivity index (χ1n) is 4.92. The Morgan fingerprint density at radius 1 is 1.62 bits per heavy atom. The molecule has 0 bridgehead atoms. The van der Waals surface area contributed by atoms with Crippen LogP contribution in [0.4, 0.5) is 0 Å². The molecule has 0 aliphatic carbocycles. The van der Waals surface area contributed by atoms with Crippen molar-refractivity contribution in [3.05, 3.63) is 17.7 Å². The first kappa shape index (κ1) is 8.75. The summed E-state index contributed by atoms with van der Waals surface area (Å²) in [5.41, 5.74) is 2.58. The lowest BCUT2D eigenvalue weighted by molar-refractivity contribution is 0.177. The fourth-order valence-corrected chi connectivity index (χ4v) is 2.25. The molecule has 2 rings (SSSR count). The minimum Gasteiger partial charge on any atom is -0.348 e. The molecule has 2 heterocycles. The van der Waals surface area contributed by atoms with Crippen LogP contribution in [-0.2, 0) is 6.42 Å². The molecule has 3 heteroatoms. The summed E-state index contributed by atoms with van der Waals surface area (Å²) in [6.07, 6.45) is 2.92. The summed E-state index contributed by atoms with van der Waals surface area (Å²) in [7, 11) is 2.18. The molecule has 1 aromatic heterocycles.